The number of piperazine rings is 1. The second-order valence-corrected chi connectivity index (χ2v) is 5.09. The van der Waals surface area contributed by atoms with Gasteiger partial charge in [-0.25, -0.2) is 4.79 Å². The third-order valence-electron chi connectivity index (χ3n) is 3.38. The molecule has 0 bridgehead atoms. The van der Waals surface area contributed by atoms with Gasteiger partial charge in [0.15, 0.2) is 0 Å². The smallest absolute Gasteiger partial charge is 0.319 e. The summed E-state index contributed by atoms with van der Waals surface area (Å²) in [4.78, 5) is 25.1. The molecule has 7 nitrogen and oxygen atoms in total. The normalized spacial score (nSPS) is 15.0. The summed E-state index contributed by atoms with van der Waals surface area (Å²) in [6.07, 6.45) is 0.804. The number of carbonyl (C=O) groups is 2. The number of amides is 3. The molecule has 0 aliphatic carbocycles. The molecule has 1 heterocycles. The number of methoxy groups -OCH3 is 1. The van der Waals surface area contributed by atoms with Crippen LogP contribution in [0.25, 0.3) is 0 Å². The van der Waals surface area contributed by atoms with Crippen molar-refractivity contribution in [1.29, 1.82) is 0 Å². The van der Waals surface area contributed by atoms with Gasteiger partial charge in [0.05, 0.1) is 13.7 Å². The van der Waals surface area contributed by atoms with Crippen molar-refractivity contribution in [3.8, 4) is 5.75 Å². The van der Waals surface area contributed by atoms with Crippen LogP contribution in [0.1, 0.15) is 6.42 Å². The molecule has 1 saturated heterocycles. The van der Waals surface area contributed by atoms with E-state index in [1.807, 2.05) is 12.1 Å². The van der Waals surface area contributed by atoms with Crippen molar-refractivity contribution >= 4 is 17.6 Å². The van der Waals surface area contributed by atoms with E-state index < -0.39 is 0 Å². The van der Waals surface area contributed by atoms with E-state index in [1.165, 1.54) is 0 Å². The van der Waals surface area contributed by atoms with E-state index in [4.69, 9.17) is 4.74 Å². The Hall–Kier alpha value is -2.28. The molecule has 22 heavy (non-hydrogen) atoms. The average molecular weight is 306 g/mol. The first-order chi connectivity index (χ1) is 10.7. The van der Waals surface area contributed by atoms with Gasteiger partial charge >= 0.3 is 6.03 Å². The fourth-order valence-electron chi connectivity index (χ4n) is 2.26. The minimum atomic E-state index is -0.246. The van der Waals surface area contributed by atoms with Crippen LogP contribution in [-0.2, 0) is 4.79 Å². The van der Waals surface area contributed by atoms with Crippen molar-refractivity contribution in [2.45, 2.75) is 6.42 Å². The predicted molar refractivity (Wildman–Crippen MR) is 84.1 cm³/mol. The molecule has 7 heteroatoms. The summed E-state index contributed by atoms with van der Waals surface area (Å²) in [6, 6.07) is 6.94. The molecular weight excluding hydrogens is 284 g/mol. The molecule has 1 aromatic rings. The first-order valence-corrected chi connectivity index (χ1v) is 7.35. The van der Waals surface area contributed by atoms with Crippen LogP contribution in [-0.4, -0.2) is 56.7 Å². The molecule has 0 atom stereocenters. The summed E-state index contributed by atoms with van der Waals surface area (Å²) in [7, 11) is 1.58. The van der Waals surface area contributed by atoms with E-state index in [0.29, 0.717) is 31.1 Å². The SMILES string of the molecule is COc1cccc(NC(=O)NCCCN2CCNC(=O)C2)c1. The number of ether oxygens (including phenoxy) is 1. The van der Waals surface area contributed by atoms with Crippen LogP contribution in [0, 0.1) is 0 Å². The quantitative estimate of drug-likeness (QED) is 0.674. The number of carbonyl (C=O) groups excluding carboxylic acids is 2. The predicted octanol–water partition coefficient (Wildman–Crippen LogP) is 0.639. The Morgan fingerprint density at radius 2 is 2.32 bits per heavy atom. The highest BCUT2D eigenvalue weighted by Crippen LogP contribution is 2.16. The summed E-state index contributed by atoms with van der Waals surface area (Å²) >= 11 is 0. The Labute approximate surface area is 130 Å². The third kappa shape index (κ3) is 5.25. The van der Waals surface area contributed by atoms with Crippen molar-refractivity contribution in [2.24, 2.45) is 0 Å². The van der Waals surface area contributed by atoms with E-state index >= 15 is 0 Å². The Morgan fingerprint density at radius 3 is 3.09 bits per heavy atom. The van der Waals surface area contributed by atoms with Gasteiger partial charge in [-0.1, -0.05) is 6.07 Å². The van der Waals surface area contributed by atoms with Crippen molar-refractivity contribution in [1.82, 2.24) is 15.5 Å². The first-order valence-electron chi connectivity index (χ1n) is 7.35. The number of benzene rings is 1. The molecule has 1 aromatic carbocycles. The van der Waals surface area contributed by atoms with Crippen LogP contribution in [0.4, 0.5) is 10.5 Å². The molecule has 1 aliphatic rings. The van der Waals surface area contributed by atoms with E-state index in [0.717, 1.165) is 19.5 Å². The lowest BCUT2D eigenvalue weighted by Crippen LogP contribution is -2.48. The van der Waals surface area contributed by atoms with Crippen LogP contribution in [0.5, 0.6) is 5.75 Å². The van der Waals surface area contributed by atoms with Crippen LogP contribution < -0.4 is 20.7 Å². The zero-order valence-corrected chi connectivity index (χ0v) is 12.7. The minimum absolute atomic E-state index is 0.0648. The van der Waals surface area contributed by atoms with Crippen molar-refractivity contribution in [2.75, 3.05) is 45.2 Å². The van der Waals surface area contributed by atoms with Crippen molar-refractivity contribution in [3.05, 3.63) is 24.3 Å². The minimum Gasteiger partial charge on any atom is -0.497 e. The monoisotopic (exact) mass is 306 g/mol. The molecule has 0 radical (unpaired) electrons. The molecule has 3 N–H and O–H groups in total. The first kappa shape index (κ1) is 16.1. The van der Waals surface area contributed by atoms with E-state index in [9.17, 15) is 9.59 Å². The van der Waals surface area contributed by atoms with E-state index in [1.54, 1.807) is 19.2 Å². The van der Waals surface area contributed by atoms with Gasteiger partial charge in [-0.2, -0.15) is 0 Å². The maximum atomic E-state index is 11.8. The molecule has 3 amide bonds. The third-order valence-corrected chi connectivity index (χ3v) is 3.38. The average Bonchev–Trinajstić information content (AvgIpc) is 2.52. The largest absolute Gasteiger partial charge is 0.497 e. The summed E-state index contributed by atoms with van der Waals surface area (Å²) in [6.45, 7) is 3.36. The Kier molecular flexibility index (Phi) is 6.02. The van der Waals surface area contributed by atoms with E-state index in [-0.39, 0.29) is 11.9 Å². The van der Waals surface area contributed by atoms with Gasteiger partial charge in [0.25, 0.3) is 0 Å². The summed E-state index contributed by atoms with van der Waals surface area (Å²) < 4.78 is 5.10. The maximum Gasteiger partial charge on any atom is 0.319 e. The lowest BCUT2D eigenvalue weighted by molar-refractivity contribution is -0.124. The highest BCUT2D eigenvalue weighted by atomic mass is 16.5. The van der Waals surface area contributed by atoms with Crippen LogP contribution in [0.2, 0.25) is 0 Å². The van der Waals surface area contributed by atoms with Crippen LogP contribution in [0.3, 0.4) is 0 Å². The molecule has 1 aliphatic heterocycles. The van der Waals surface area contributed by atoms with Gasteiger partial charge in [-0.3, -0.25) is 9.69 Å². The Bertz CT molecular complexity index is 521. The number of hydrogen-bond acceptors (Lipinski definition) is 4. The maximum absolute atomic E-state index is 11.8. The molecule has 120 valence electrons. The van der Waals surface area contributed by atoms with Crippen molar-refractivity contribution in [3.63, 3.8) is 0 Å². The standard InChI is InChI=1S/C15H22N4O3/c1-22-13-5-2-4-12(10-13)18-15(21)17-6-3-8-19-9-7-16-14(20)11-19/h2,4-5,10H,3,6-9,11H2,1H3,(H,16,20)(H2,17,18,21). The fourth-order valence-corrected chi connectivity index (χ4v) is 2.26. The number of rotatable bonds is 6. The Morgan fingerprint density at radius 1 is 1.45 bits per heavy atom. The molecule has 0 saturated carbocycles. The lowest BCUT2D eigenvalue weighted by Gasteiger charge is -2.26. The van der Waals surface area contributed by atoms with Gasteiger partial charge in [0.1, 0.15) is 5.75 Å². The molecule has 0 aromatic heterocycles. The van der Waals surface area contributed by atoms with Gasteiger partial charge in [-0.05, 0) is 18.6 Å². The summed E-state index contributed by atoms with van der Waals surface area (Å²) in [5.74, 6) is 0.760. The number of nitrogens with zero attached hydrogens (tertiary/aromatic N) is 1. The zero-order chi connectivity index (χ0) is 15.8. The van der Waals surface area contributed by atoms with Gasteiger partial charge < -0.3 is 20.7 Å². The molecule has 2 rings (SSSR count). The molecule has 0 unspecified atom stereocenters. The van der Waals surface area contributed by atoms with Crippen molar-refractivity contribution < 1.29 is 14.3 Å². The number of urea groups is 1. The fraction of sp³-hybridized carbons (Fsp3) is 0.467. The second-order valence-electron chi connectivity index (χ2n) is 5.09. The number of nitrogens with one attached hydrogen (secondary N) is 3. The lowest BCUT2D eigenvalue weighted by atomic mass is 10.3. The summed E-state index contributed by atoms with van der Waals surface area (Å²) in [5.41, 5.74) is 0.685. The molecule has 1 fully saturated rings. The number of hydrogen-bond donors (Lipinski definition) is 3. The van der Waals surface area contributed by atoms with Gasteiger partial charge in [0, 0.05) is 37.9 Å². The highest BCUT2D eigenvalue weighted by molar-refractivity contribution is 5.89. The van der Waals surface area contributed by atoms with Crippen LogP contribution >= 0.6 is 0 Å². The second kappa shape index (κ2) is 8.23. The molecule has 0 spiro atoms. The zero-order valence-electron chi connectivity index (χ0n) is 12.7. The summed E-state index contributed by atoms with van der Waals surface area (Å²) in [5, 5.41) is 8.34. The van der Waals surface area contributed by atoms with Gasteiger partial charge in [-0.15, -0.1) is 0 Å². The van der Waals surface area contributed by atoms with Gasteiger partial charge in [0.2, 0.25) is 5.91 Å². The molecular formula is C15H22N4O3. The Balaban J connectivity index is 1.64. The van der Waals surface area contributed by atoms with E-state index in [2.05, 4.69) is 20.9 Å². The van der Waals surface area contributed by atoms with Crippen LogP contribution in [0.15, 0.2) is 24.3 Å². The highest BCUT2D eigenvalue weighted by Gasteiger charge is 2.15. The number of anilines is 1. The topological polar surface area (TPSA) is 82.7 Å².